The number of alkyl halides is 3. The monoisotopic (exact) mass is 544 g/mol. The molecule has 5 rings (SSSR count). The van der Waals surface area contributed by atoms with Gasteiger partial charge in [0.15, 0.2) is 5.82 Å². The summed E-state index contributed by atoms with van der Waals surface area (Å²) in [4.78, 5) is 22.5. The van der Waals surface area contributed by atoms with E-state index < -0.39 is 23.5 Å². The second-order valence-electron chi connectivity index (χ2n) is 8.41. The molecule has 204 valence electrons. The molecule has 12 nitrogen and oxygen atoms in total. The van der Waals surface area contributed by atoms with E-state index >= 15 is 0 Å². The van der Waals surface area contributed by atoms with Gasteiger partial charge in [0.1, 0.15) is 22.9 Å². The molecule has 1 saturated heterocycles. The van der Waals surface area contributed by atoms with Gasteiger partial charge in [0, 0.05) is 42.7 Å². The molecular formula is C24H23F3N8O4. The number of furan rings is 1. The zero-order valence-electron chi connectivity index (χ0n) is 20.5. The van der Waals surface area contributed by atoms with Gasteiger partial charge in [-0.15, -0.1) is 0 Å². The summed E-state index contributed by atoms with van der Waals surface area (Å²) in [5.41, 5.74) is -0.778. The largest absolute Gasteiger partial charge is 0.449 e. The number of halogens is 3. The van der Waals surface area contributed by atoms with Crippen LogP contribution in [0.2, 0.25) is 0 Å². The number of hydrogen-bond acceptors (Lipinski definition) is 9. The zero-order chi connectivity index (χ0) is 27.4. The summed E-state index contributed by atoms with van der Waals surface area (Å²) in [6, 6.07) is 8.45. The molecule has 0 saturated carbocycles. The number of aromatic nitrogens is 4. The van der Waals surface area contributed by atoms with E-state index in [1.54, 1.807) is 25.1 Å². The van der Waals surface area contributed by atoms with Crippen LogP contribution in [0.1, 0.15) is 11.3 Å². The molecule has 0 unspecified atom stereocenters. The highest BCUT2D eigenvalue weighted by atomic mass is 19.4. The minimum absolute atomic E-state index is 0.110. The first-order valence-corrected chi connectivity index (χ1v) is 11.7. The summed E-state index contributed by atoms with van der Waals surface area (Å²) >= 11 is 0. The molecule has 4 heterocycles. The number of morpholine rings is 1. The van der Waals surface area contributed by atoms with Gasteiger partial charge in [0.2, 0.25) is 5.88 Å². The number of rotatable bonds is 7. The number of aryl methyl sites for hydroxylation is 1. The second kappa shape index (κ2) is 10.9. The van der Waals surface area contributed by atoms with Crippen LogP contribution in [0.5, 0.6) is 11.8 Å². The maximum Gasteiger partial charge on any atom is 0.420 e. The predicted molar refractivity (Wildman–Crippen MR) is 135 cm³/mol. The number of amides is 2. The number of H-pyrrole nitrogens is 1. The number of hydrogen-bond donors (Lipinski definition) is 4. The van der Waals surface area contributed by atoms with Crippen molar-refractivity contribution in [1.29, 1.82) is 0 Å². The first-order valence-electron chi connectivity index (χ1n) is 11.7. The Morgan fingerprint density at radius 2 is 1.92 bits per heavy atom. The number of aromatic amines is 1. The van der Waals surface area contributed by atoms with Gasteiger partial charge in [0.05, 0.1) is 19.5 Å². The van der Waals surface area contributed by atoms with E-state index in [1.165, 1.54) is 18.4 Å². The molecule has 0 bridgehead atoms. The van der Waals surface area contributed by atoms with E-state index in [2.05, 4.69) is 41.0 Å². The van der Waals surface area contributed by atoms with E-state index in [1.807, 2.05) is 0 Å². The highest BCUT2D eigenvalue weighted by Crippen LogP contribution is 2.39. The zero-order valence-corrected chi connectivity index (χ0v) is 20.5. The van der Waals surface area contributed by atoms with Crippen LogP contribution in [0, 0.1) is 6.92 Å². The van der Waals surface area contributed by atoms with E-state index in [4.69, 9.17) is 13.9 Å². The van der Waals surface area contributed by atoms with Crippen molar-refractivity contribution in [3.8, 4) is 11.8 Å². The molecule has 39 heavy (non-hydrogen) atoms. The molecule has 15 heteroatoms. The van der Waals surface area contributed by atoms with Crippen LogP contribution in [0.15, 0.2) is 53.1 Å². The predicted octanol–water partition coefficient (Wildman–Crippen LogP) is 5.14. The molecule has 4 N–H and O–H groups in total. The van der Waals surface area contributed by atoms with Crippen LogP contribution < -0.4 is 25.6 Å². The van der Waals surface area contributed by atoms with Crippen LogP contribution in [0.3, 0.4) is 0 Å². The number of ether oxygens (including phenoxy) is 2. The molecule has 4 aromatic rings. The summed E-state index contributed by atoms with van der Waals surface area (Å²) in [7, 11) is 0. The lowest BCUT2D eigenvalue weighted by Gasteiger charge is -2.26. The smallest absolute Gasteiger partial charge is 0.420 e. The minimum Gasteiger partial charge on any atom is -0.449 e. The van der Waals surface area contributed by atoms with Gasteiger partial charge < -0.3 is 29.4 Å². The van der Waals surface area contributed by atoms with E-state index in [0.29, 0.717) is 37.8 Å². The van der Waals surface area contributed by atoms with Crippen molar-refractivity contribution in [3.05, 3.63) is 60.0 Å². The Balaban J connectivity index is 1.32. The molecule has 3 aromatic heterocycles. The average molecular weight is 544 g/mol. The number of nitrogens with zero attached hydrogens (tertiary/aromatic N) is 4. The van der Waals surface area contributed by atoms with Gasteiger partial charge in [-0.25, -0.2) is 9.78 Å². The van der Waals surface area contributed by atoms with Crippen molar-refractivity contribution < 1.29 is 31.9 Å². The van der Waals surface area contributed by atoms with Crippen molar-refractivity contribution in [2.45, 2.75) is 13.1 Å². The van der Waals surface area contributed by atoms with Crippen molar-refractivity contribution in [2.24, 2.45) is 0 Å². The Morgan fingerprint density at radius 1 is 1.10 bits per heavy atom. The maximum atomic E-state index is 13.9. The molecule has 0 atom stereocenters. The number of carbonyl (C=O) groups excluding carboxylic acids is 1. The summed E-state index contributed by atoms with van der Waals surface area (Å²) in [5, 5.41) is 14.9. The van der Waals surface area contributed by atoms with Crippen LogP contribution in [0.4, 0.5) is 47.0 Å². The molecule has 2 amide bonds. The Morgan fingerprint density at radius 3 is 2.67 bits per heavy atom. The first kappa shape index (κ1) is 25.8. The van der Waals surface area contributed by atoms with Crippen molar-refractivity contribution in [1.82, 2.24) is 20.2 Å². The summed E-state index contributed by atoms with van der Waals surface area (Å²) in [6.07, 6.45) is -3.45. The molecular weight excluding hydrogens is 521 g/mol. The second-order valence-corrected chi connectivity index (χ2v) is 8.41. The van der Waals surface area contributed by atoms with Crippen molar-refractivity contribution in [2.75, 3.05) is 47.2 Å². The third-order valence-corrected chi connectivity index (χ3v) is 5.50. The summed E-state index contributed by atoms with van der Waals surface area (Å²) in [5.74, 6) is 1.14. The van der Waals surface area contributed by atoms with Gasteiger partial charge in [-0.1, -0.05) is 0 Å². The van der Waals surface area contributed by atoms with Crippen LogP contribution in [-0.2, 0) is 10.9 Å². The SMILES string of the molecule is Cc1cc(Nc2cc(N3CCOCC3)n[nH]2)nc(Oc2ccc(NC(=O)Nc3ccco3)cc2C(F)(F)F)n1. The topological polar surface area (TPSA) is 142 Å². The van der Waals surface area contributed by atoms with Gasteiger partial charge in [-0.3, -0.25) is 10.4 Å². The number of nitrogens with one attached hydrogen (secondary N) is 4. The maximum absolute atomic E-state index is 13.9. The third kappa shape index (κ3) is 6.56. The normalized spacial score (nSPS) is 13.7. The van der Waals surface area contributed by atoms with Gasteiger partial charge in [-0.2, -0.15) is 23.3 Å². The number of anilines is 5. The lowest BCUT2D eigenvalue weighted by atomic mass is 10.1. The van der Waals surface area contributed by atoms with Gasteiger partial charge in [0.25, 0.3) is 0 Å². The number of urea groups is 1. The summed E-state index contributed by atoms with van der Waals surface area (Å²) in [6.45, 7) is 4.28. The van der Waals surface area contributed by atoms with Gasteiger partial charge in [-0.05, 0) is 31.2 Å². The highest BCUT2D eigenvalue weighted by molar-refractivity contribution is 5.99. The fraction of sp³-hybridized carbons (Fsp3) is 0.250. The highest BCUT2D eigenvalue weighted by Gasteiger charge is 2.35. The third-order valence-electron chi connectivity index (χ3n) is 5.50. The van der Waals surface area contributed by atoms with E-state index in [0.717, 1.165) is 18.0 Å². The molecule has 0 radical (unpaired) electrons. The van der Waals surface area contributed by atoms with Crippen molar-refractivity contribution >= 4 is 35.1 Å². The summed E-state index contributed by atoms with van der Waals surface area (Å²) < 4.78 is 57.4. The fourth-order valence-electron chi connectivity index (χ4n) is 3.76. The molecule has 0 aliphatic carbocycles. The molecule has 0 spiro atoms. The number of carbonyl (C=O) groups is 1. The van der Waals surface area contributed by atoms with Crippen LogP contribution >= 0.6 is 0 Å². The van der Waals surface area contributed by atoms with Crippen molar-refractivity contribution in [3.63, 3.8) is 0 Å². The standard InChI is InChI=1S/C24H23F3N8O4/c1-14-11-18(30-19-13-20(34-33-19)35-6-9-37-10-7-35)31-23(28-14)39-17-5-4-15(12-16(17)24(25,26)27)29-22(36)32-21-3-2-8-38-21/h2-5,8,11-13H,6-7,9-10H2,1H3,(H2,29,32,36)(H2,28,30,31,33,34). The quantitative estimate of drug-likeness (QED) is 0.249. The van der Waals surface area contributed by atoms with Crippen LogP contribution in [-0.4, -0.2) is 52.5 Å². The first-order chi connectivity index (χ1) is 18.7. The molecule has 1 aliphatic heterocycles. The Kier molecular flexibility index (Phi) is 7.23. The van der Waals surface area contributed by atoms with E-state index in [-0.39, 0.29) is 23.4 Å². The van der Waals surface area contributed by atoms with Crippen LogP contribution in [0.25, 0.3) is 0 Å². The Labute approximate surface area is 219 Å². The fourth-order valence-corrected chi connectivity index (χ4v) is 3.76. The van der Waals surface area contributed by atoms with E-state index in [9.17, 15) is 18.0 Å². The average Bonchev–Trinajstić information content (AvgIpc) is 3.57. The minimum atomic E-state index is -4.79. The van der Waals surface area contributed by atoms with Gasteiger partial charge >= 0.3 is 18.2 Å². The molecule has 1 fully saturated rings. The number of benzene rings is 1. The Hall–Kier alpha value is -4.79. The lowest BCUT2D eigenvalue weighted by molar-refractivity contribution is -0.138. The molecule has 1 aliphatic rings. The Bertz CT molecular complexity index is 1440. The molecule has 1 aromatic carbocycles. The lowest BCUT2D eigenvalue weighted by Crippen LogP contribution is -2.36.